The van der Waals surface area contributed by atoms with E-state index in [0.717, 1.165) is 6.07 Å². The molecule has 0 radical (unpaired) electrons. The highest BCUT2D eigenvalue weighted by Gasteiger charge is 2.24. The second kappa shape index (κ2) is 7.95. The van der Waals surface area contributed by atoms with Crippen LogP contribution in [0.1, 0.15) is 15.9 Å². The Morgan fingerprint density at radius 1 is 0.903 bits per heavy atom. The highest BCUT2D eigenvalue weighted by Crippen LogP contribution is 2.28. The zero-order chi connectivity index (χ0) is 22.0. The molecule has 4 aromatic rings. The number of aromatic hydroxyl groups is 1. The third-order valence-corrected chi connectivity index (χ3v) is 4.38. The molecule has 0 saturated heterocycles. The summed E-state index contributed by atoms with van der Waals surface area (Å²) in [5.74, 6) is -2.19. The summed E-state index contributed by atoms with van der Waals surface area (Å²) in [6.07, 6.45) is 0. The minimum Gasteiger partial charge on any atom is -0.494 e. The highest BCUT2D eigenvalue weighted by atomic mass is 16.3. The highest BCUT2D eigenvalue weighted by molar-refractivity contribution is 6.52. The van der Waals surface area contributed by atoms with E-state index in [1.807, 2.05) is 4.98 Å². The molecule has 31 heavy (non-hydrogen) atoms. The number of aliphatic imine (C=N–C) groups is 1. The van der Waals surface area contributed by atoms with Crippen LogP contribution in [0.2, 0.25) is 0 Å². The van der Waals surface area contributed by atoms with Crippen molar-refractivity contribution in [2.45, 2.75) is 0 Å². The predicted molar refractivity (Wildman–Crippen MR) is 114 cm³/mol. The van der Waals surface area contributed by atoms with Gasteiger partial charge in [-0.3, -0.25) is 24.4 Å². The van der Waals surface area contributed by atoms with Crippen LogP contribution in [0.3, 0.4) is 0 Å². The van der Waals surface area contributed by atoms with Gasteiger partial charge in [-0.1, -0.05) is 36.4 Å². The van der Waals surface area contributed by atoms with E-state index < -0.39 is 28.8 Å². The fourth-order valence-corrected chi connectivity index (χ4v) is 3.05. The van der Waals surface area contributed by atoms with Gasteiger partial charge in [-0.25, -0.2) is 9.79 Å². The minimum atomic E-state index is -0.911. The quantitative estimate of drug-likeness (QED) is 0.318. The van der Waals surface area contributed by atoms with E-state index in [0.29, 0.717) is 10.9 Å². The monoisotopic (exact) mass is 417 g/mol. The number of anilines is 1. The van der Waals surface area contributed by atoms with Crippen molar-refractivity contribution >= 4 is 34.2 Å². The lowest BCUT2D eigenvalue weighted by Gasteiger charge is -2.08. The summed E-state index contributed by atoms with van der Waals surface area (Å²) < 4.78 is 0. The Bertz CT molecular complexity index is 1420. The molecule has 2 heterocycles. The SMILES string of the molecule is O=C(Nc1cc(=O)[nH]c(=O)[nH]1)C(=NC(=O)c1ccccc1)c1c(O)[nH]c2ccccc12. The normalized spacial score (nSPS) is 11.4. The maximum Gasteiger partial charge on any atom is 0.327 e. The van der Waals surface area contributed by atoms with Gasteiger partial charge in [0.15, 0.2) is 5.88 Å². The minimum absolute atomic E-state index is 0.00423. The Balaban J connectivity index is 1.84. The van der Waals surface area contributed by atoms with Crippen LogP contribution in [0.5, 0.6) is 5.88 Å². The average molecular weight is 417 g/mol. The third kappa shape index (κ3) is 4.03. The van der Waals surface area contributed by atoms with Crippen LogP contribution in [-0.2, 0) is 4.79 Å². The van der Waals surface area contributed by atoms with Gasteiger partial charge in [-0.15, -0.1) is 0 Å². The molecule has 0 saturated carbocycles. The first-order valence-electron chi connectivity index (χ1n) is 9.05. The van der Waals surface area contributed by atoms with Crippen LogP contribution in [0.25, 0.3) is 10.9 Å². The van der Waals surface area contributed by atoms with E-state index in [9.17, 15) is 24.3 Å². The van der Waals surface area contributed by atoms with Crippen molar-refractivity contribution in [3.05, 3.63) is 92.6 Å². The summed E-state index contributed by atoms with van der Waals surface area (Å²) in [6.45, 7) is 0. The Hall–Kier alpha value is -4.73. The number of nitrogens with zero attached hydrogens (tertiary/aromatic N) is 1. The fraction of sp³-hybridized carbons (Fsp3) is 0. The molecular weight excluding hydrogens is 402 g/mol. The number of benzene rings is 2. The van der Waals surface area contributed by atoms with Crippen molar-refractivity contribution in [2.75, 3.05) is 5.32 Å². The lowest BCUT2D eigenvalue weighted by molar-refractivity contribution is -0.110. The average Bonchev–Trinajstić information content (AvgIpc) is 3.07. The second-order valence-corrected chi connectivity index (χ2v) is 6.48. The first-order chi connectivity index (χ1) is 14.9. The summed E-state index contributed by atoms with van der Waals surface area (Å²) >= 11 is 0. The summed E-state index contributed by atoms with van der Waals surface area (Å²) in [4.78, 5) is 59.7. The first-order valence-corrected chi connectivity index (χ1v) is 9.05. The van der Waals surface area contributed by atoms with Crippen molar-refractivity contribution in [1.29, 1.82) is 0 Å². The largest absolute Gasteiger partial charge is 0.494 e. The first kappa shape index (κ1) is 19.6. The third-order valence-electron chi connectivity index (χ3n) is 4.38. The molecule has 2 aromatic carbocycles. The van der Waals surface area contributed by atoms with Crippen molar-refractivity contribution in [3.8, 4) is 5.88 Å². The number of amides is 2. The molecule has 0 spiro atoms. The Morgan fingerprint density at radius 3 is 2.35 bits per heavy atom. The van der Waals surface area contributed by atoms with Gasteiger partial charge in [0.05, 0.1) is 5.56 Å². The number of carbonyl (C=O) groups excluding carboxylic acids is 2. The number of fused-ring (bicyclic) bond motifs is 1. The number of H-pyrrole nitrogens is 3. The molecule has 154 valence electrons. The number of carbonyl (C=O) groups is 2. The van der Waals surface area contributed by atoms with Gasteiger partial charge in [0.1, 0.15) is 11.5 Å². The van der Waals surface area contributed by atoms with Crippen LogP contribution in [0.15, 0.2) is 75.2 Å². The molecule has 10 nitrogen and oxygen atoms in total. The number of rotatable bonds is 4. The lowest BCUT2D eigenvalue weighted by Crippen LogP contribution is -2.29. The Morgan fingerprint density at radius 2 is 1.61 bits per heavy atom. The molecule has 5 N–H and O–H groups in total. The van der Waals surface area contributed by atoms with Gasteiger partial charge in [0.25, 0.3) is 17.4 Å². The number of hydrogen-bond donors (Lipinski definition) is 5. The number of para-hydroxylation sites is 1. The van der Waals surface area contributed by atoms with E-state index >= 15 is 0 Å². The molecule has 0 aliphatic rings. The standard InChI is InChI=1S/C21H15N5O5/c27-15-10-14(24-21(31)25-15)23-20(30)17(26-18(28)11-6-2-1-3-7-11)16-12-8-4-5-9-13(12)22-19(16)29/h1-10,22,29H,(H3,23,24,25,27,30,31). The van der Waals surface area contributed by atoms with E-state index in [2.05, 4.69) is 20.3 Å². The van der Waals surface area contributed by atoms with Gasteiger partial charge in [-0.2, -0.15) is 0 Å². The fourth-order valence-electron chi connectivity index (χ4n) is 3.05. The van der Waals surface area contributed by atoms with Gasteiger partial charge in [-0.05, 0) is 18.2 Å². The molecular formula is C21H15N5O5. The van der Waals surface area contributed by atoms with E-state index in [1.165, 1.54) is 12.1 Å². The molecule has 0 bridgehead atoms. The molecule has 0 unspecified atom stereocenters. The predicted octanol–water partition coefficient (Wildman–Crippen LogP) is 1.52. The van der Waals surface area contributed by atoms with Crippen LogP contribution < -0.4 is 16.6 Å². The second-order valence-electron chi connectivity index (χ2n) is 6.48. The number of aromatic amines is 3. The van der Waals surface area contributed by atoms with Crippen molar-refractivity contribution in [3.63, 3.8) is 0 Å². The zero-order valence-corrected chi connectivity index (χ0v) is 15.8. The molecule has 0 aliphatic heterocycles. The van der Waals surface area contributed by atoms with Gasteiger partial charge in [0, 0.05) is 22.5 Å². The molecule has 0 aliphatic carbocycles. The number of aromatic nitrogens is 3. The summed E-state index contributed by atoms with van der Waals surface area (Å²) in [5.41, 5.74) is -1.19. The zero-order valence-electron chi connectivity index (χ0n) is 15.8. The molecule has 0 atom stereocenters. The van der Waals surface area contributed by atoms with Crippen molar-refractivity contribution in [1.82, 2.24) is 15.0 Å². The number of hydrogen-bond acceptors (Lipinski definition) is 5. The van der Waals surface area contributed by atoms with Crippen molar-refractivity contribution in [2.24, 2.45) is 4.99 Å². The maximum absolute atomic E-state index is 13.0. The van der Waals surface area contributed by atoms with Crippen LogP contribution in [0.4, 0.5) is 5.82 Å². The van der Waals surface area contributed by atoms with E-state index in [-0.39, 0.29) is 22.8 Å². The topological polar surface area (TPSA) is 160 Å². The smallest absolute Gasteiger partial charge is 0.327 e. The Kier molecular flexibility index (Phi) is 5.02. The van der Waals surface area contributed by atoms with E-state index in [1.54, 1.807) is 42.5 Å². The number of nitrogens with one attached hydrogen (secondary N) is 4. The molecule has 10 heteroatoms. The van der Waals surface area contributed by atoms with Crippen LogP contribution in [-0.4, -0.2) is 37.6 Å². The maximum atomic E-state index is 13.0. The summed E-state index contributed by atoms with van der Waals surface area (Å²) in [5, 5.41) is 13.2. The summed E-state index contributed by atoms with van der Waals surface area (Å²) in [7, 11) is 0. The van der Waals surface area contributed by atoms with Crippen LogP contribution >= 0.6 is 0 Å². The molecule has 0 fully saturated rings. The molecule has 2 amide bonds. The summed E-state index contributed by atoms with van der Waals surface area (Å²) in [6, 6.07) is 15.8. The van der Waals surface area contributed by atoms with Gasteiger partial charge in [0.2, 0.25) is 0 Å². The van der Waals surface area contributed by atoms with Gasteiger partial charge < -0.3 is 15.4 Å². The van der Waals surface area contributed by atoms with E-state index in [4.69, 9.17) is 0 Å². The molecule has 4 rings (SSSR count). The van der Waals surface area contributed by atoms with Crippen LogP contribution in [0, 0.1) is 0 Å². The van der Waals surface area contributed by atoms with Crippen molar-refractivity contribution < 1.29 is 14.7 Å². The lowest BCUT2D eigenvalue weighted by atomic mass is 10.1. The Labute approximate surface area is 173 Å². The van der Waals surface area contributed by atoms with Gasteiger partial charge >= 0.3 is 5.69 Å². The molecule has 2 aromatic heterocycles.